The number of hydrogen-bond donors (Lipinski definition) is 1. The van der Waals surface area contributed by atoms with E-state index in [4.69, 9.17) is 11.6 Å². The SMILES string of the molecule is CN(CC(=O)NC(C)(C)C)c1ccnc(Cl)c1. The van der Waals surface area contributed by atoms with Gasteiger partial charge in [0.25, 0.3) is 0 Å². The Morgan fingerprint density at radius 3 is 2.71 bits per heavy atom. The Morgan fingerprint density at radius 2 is 2.18 bits per heavy atom. The highest BCUT2D eigenvalue weighted by Crippen LogP contribution is 2.15. The van der Waals surface area contributed by atoms with Crippen molar-refractivity contribution in [2.45, 2.75) is 26.3 Å². The molecule has 0 aliphatic heterocycles. The Labute approximate surface area is 107 Å². The minimum atomic E-state index is -0.214. The van der Waals surface area contributed by atoms with E-state index < -0.39 is 0 Å². The molecule has 1 aromatic heterocycles. The zero-order valence-corrected chi connectivity index (χ0v) is 11.4. The minimum absolute atomic E-state index is 0.0204. The summed E-state index contributed by atoms with van der Waals surface area (Å²) < 4.78 is 0. The summed E-state index contributed by atoms with van der Waals surface area (Å²) in [6, 6.07) is 3.54. The molecule has 0 aliphatic carbocycles. The standard InChI is InChI=1S/C12H18ClN3O/c1-12(2,3)15-11(17)8-16(4)9-5-6-14-10(13)7-9/h5-7H,8H2,1-4H3,(H,15,17). The molecule has 4 nitrogen and oxygen atoms in total. The zero-order chi connectivity index (χ0) is 13.1. The Balaban J connectivity index is 2.61. The molecule has 94 valence electrons. The van der Waals surface area contributed by atoms with Gasteiger partial charge in [-0.15, -0.1) is 0 Å². The average molecular weight is 256 g/mol. The van der Waals surface area contributed by atoms with Crippen molar-refractivity contribution in [2.24, 2.45) is 0 Å². The van der Waals surface area contributed by atoms with Crippen molar-refractivity contribution < 1.29 is 4.79 Å². The van der Waals surface area contributed by atoms with Gasteiger partial charge in [0.05, 0.1) is 6.54 Å². The Hall–Kier alpha value is -1.29. The van der Waals surface area contributed by atoms with Crippen molar-refractivity contribution >= 4 is 23.2 Å². The molecule has 1 aromatic rings. The normalized spacial score (nSPS) is 11.1. The predicted molar refractivity (Wildman–Crippen MR) is 70.4 cm³/mol. The fourth-order valence-corrected chi connectivity index (χ4v) is 1.56. The average Bonchev–Trinajstić information content (AvgIpc) is 2.14. The van der Waals surface area contributed by atoms with Gasteiger partial charge in [-0.3, -0.25) is 4.79 Å². The molecule has 1 heterocycles. The Bertz CT molecular complexity index is 401. The van der Waals surface area contributed by atoms with Gasteiger partial charge in [-0.1, -0.05) is 11.6 Å². The monoisotopic (exact) mass is 255 g/mol. The van der Waals surface area contributed by atoms with E-state index >= 15 is 0 Å². The number of carbonyl (C=O) groups is 1. The Morgan fingerprint density at radius 1 is 1.53 bits per heavy atom. The molecule has 0 unspecified atom stereocenters. The second-order valence-electron chi connectivity index (χ2n) is 4.99. The van der Waals surface area contributed by atoms with Gasteiger partial charge in [-0.05, 0) is 32.9 Å². The largest absolute Gasteiger partial charge is 0.365 e. The number of pyridine rings is 1. The third-order valence-electron chi connectivity index (χ3n) is 2.05. The molecule has 0 saturated heterocycles. The van der Waals surface area contributed by atoms with E-state index in [1.165, 1.54) is 0 Å². The summed E-state index contributed by atoms with van der Waals surface area (Å²) in [6.07, 6.45) is 1.62. The molecule has 0 fully saturated rings. The second kappa shape index (κ2) is 5.36. The fraction of sp³-hybridized carbons (Fsp3) is 0.500. The smallest absolute Gasteiger partial charge is 0.239 e. The van der Waals surface area contributed by atoms with Crippen molar-refractivity contribution in [3.63, 3.8) is 0 Å². The van der Waals surface area contributed by atoms with Crippen LogP contribution in [0.1, 0.15) is 20.8 Å². The van der Waals surface area contributed by atoms with Crippen LogP contribution in [0.3, 0.4) is 0 Å². The number of likely N-dealkylation sites (N-methyl/N-ethyl adjacent to an activating group) is 1. The molecule has 0 atom stereocenters. The molecular formula is C12H18ClN3O. The number of amides is 1. The van der Waals surface area contributed by atoms with Gasteiger partial charge in [-0.25, -0.2) is 4.98 Å². The molecular weight excluding hydrogens is 238 g/mol. The second-order valence-corrected chi connectivity index (χ2v) is 5.38. The maximum atomic E-state index is 11.7. The first-order valence-electron chi connectivity index (χ1n) is 5.41. The molecule has 17 heavy (non-hydrogen) atoms. The molecule has 1 N–H and O–H groups in total. The van der Waals surface area contributed by atoms with Crippen LogP contribution in [0.5, 0.6) is 0 Å². The van der Waals surface area contributed by atoms with E-state index in [2.05, 4.69) is 10.3 Å². The number of anilines is 1. The van der Waals surface area contributed by atoms with Crippen LogP contribution < -0.4 is 10.2 Å². The van der Waals surface area contributed by atoms with Crippen molar-refractivity contribution in [2.75, 3.05) is 18.5 Å². The molecule has 0 radical (unpaired) electrons. The van der Waals surface area contributed by atoms with Gasteiger partial charge in [-0.2, -0.15) is 0 Å². The molecule has 0 bridgehead atoms. The summed E-state index contributed by atoms with van der Waals surface area (Å²) in [5, 5.41) is 3.33. The summed E-state index contributed by atoms with van der Waals surface area (Å²) in [5.74, 6) is -0.0204. The number of nitrogens with zero attached hydrogens (tertiary/aromatic N) is 2. The van der Waals surface area contributed by atoms with Crippen LogP contribution in [-0.4, -0.2) is 30.0 Å². The highest BCUT2D eigenvalue weighted by Gasteiger charge is 2.15. The first-order chi connectivity index (χ1) is 7.78. The minimum Gasteiger partial charge on any atom is -0.365 e. The van der Waals surface area contributed by atoms with E-state index in [1.54, 1.807) is 12.3 Å². The number of halogens is 1. The molecule has 0 saturated carbocycles. The van der Waals surface area contributed by atoms with Crippen molar-refractivity contribution in [1.82, 2.24) is 10.3 Å². The van der Waals surface area contributed by atoms with E-state index in [-0.39, 0.29) is 18.0 Å². The van der Waals surface area contributed by atoms with Gasteiger partial charge in [0.1, 0.15) is 5.15 Å². The van der Waals surface area contributed by atoms with E-state index in [0.29, 0.717) is 5.15 Å². The zero-order valence-electron chi connectivity index (χ0n) is 10.6. The summed E-state index contributed by atoms with van der Waals surface area (Å²) in [7, 11) is 1.84. The highest BCUT2D eigenvalue weighted by molar-refractivity contribution is 6.29. The molecule has 0 aliphatic rings. The van der Waals surface area contributed by atoms with Crippen LogP contribution in [0, 0.1) is 0 Å². The first-order valence-corrected chi connectivity index (χ1v) is 5.79. The quantitative estimate of drug-likeness (QED) is 0.842. The fourth-order valence-electron chi connectivity index (χ4n) is 1.39. The summed E-state index contributed by atoms with van der Waals surface area (Å²) in [6.45, 7) is 6.15. The van der Waals surface area contributed by atoms with Crippen LogP contribution in [0.2, 0.25) is 5.15 Å². The van der Waals surface area contributed by atoms with Gasteiger partial charge >= 0.3 is 0 Å². The lowest BCUT2D eigenvalue weighted by molar-refractivity contribution is -0.121. The summed E-state index contributed by atoms with van der Waals surface area (Å²) in [5.41, 5.74) is 0.655. The Kier molecular flexibility index (Phi) is 4.34. The van der Waals surface area contributed by atoms with E-state index in [9.17, 15) is 4.79 Å². The number of carbonyl (C=O) groups excluding carboxylic acids is 1. The maximum Gasteiger partial charge on any atom is 0.239 e. The molecule has 5 heteroatoms. The summed E-state index contributed by atoms with van der Waals surface area (Å²) >= 11 is 5.79. The first kappa shape index (κ1) is 13.8. The van der Waals surface area contributed by atoms with Crippen LogP contribution in [0.4, 0.5) is 5.69 Å². The number of nitrogens with one attached hydrogen (secondary N) is 1. The van der Waals surface area contributed by atoms with E-state index in [0.717, 1.165) is 5.69 Å². The molecule has 1 rings (SSSR count). The lowest BCUT2D eigenvalue weighted by atomic mass is 10.1. The molecule has 0 spiro atoms. The van der Waals surface area contributed by atoms with E-state index in [1.807, 2.05) is 38.8 Å². The lowest BCUT2D eigenvalue weighted by Gasteiger charge is -2.24. The van der Waals surface area contributed by atoms with Gasteiger partial charge in [0.15, 0.2) is 0 Å². The highest BCUT2D eigenvalue weighted by atomic mass is 35.5. The number of hydrogen-bond acceptors (Lipinski definition) is 3. The third-order valence-corrected chi connectivity index (χ3v) is 2.25. The van der Waals surface area contributed by atoms with Crippen molar-refractivity contribution in [3.05, 3.63) is 23.5 Å². The van der Waals surface area contributed by atoms with Gasteiger partial charge in [0.2, 0.25) is 5.91 Å². The maximum absolute atomic E-state index is 11.7. The van der Waals surface area contributed by atoms with Crippen LogP contribution in [0.15, 0.2) is 18.3 Å². The number of rotatable bonds is 3. The summed E-state index contributed by atoms with van der Waals surface area (Å²) in [4.78, 5) is 17.5. The topological polar surface area (TPSA) is 45.2 Å². The van der Waals surface area contributed by atoms with Crippen LogP contribution in [-0.2, 0) is 4.79 Å². The van der Waals surface area contributed by atoms with Crippen molar-refractivity contribution in [1.29, 1.82) is 0 Å². The molecule has 1 amide bonds. The van der Waals surface area contributed by atoms with Gasteiger partial charge < -0.3 is 10.2 Å². The van der Waals surface area contributed by atoms with Gasteiger partial charge in [0, 0.05) is 24.5 Å². The third kappa shape index (κ3) is 5.04. The number of aromatic nitrogens is 1. The predicted octanol–water partition coefficient (Wildman–Crippen LogP) is 2.09. The molecule has 0 aromatic carbocycles. The lowest BCUT2D eigenvalue weighted by Crippen LogP contribution is -2.45. The van der Waals surface area contributed by atoms with Crippen molar-refractivity contribution in [3.8, 4) is 0 Å². The van der Waals surface area contributed by atoms with Crippen LogP contribution in [0.25, 0.3) is 0 Å². The van der Waals surface area contributed by atoms with Crippen LogP contribution >= 0.6 is 11.6 Å².